The highest BCUT2D eigenvalue weighted by molar-refractivity contribution is 5.95. The van der Waals surface area contributed by atoms with E-state index in [9.17, 15) is 24.3 Å². The van der Waals surface area contributed by atoms with Crippen molar-refractivity contribution < 1.29 is 33.8 Å². The molecular formula is C28H34N4O7. The molecule has 2 aromatic rings. The molecule has 2 fully saturated rings. The van der Waals surface area contributed by atoms with Gasteiger partial charge in [0.2, 0.25) is 0 Å². The molecule has 2 saturated heterocycles. The maximum atomic E-state index is 13.1. The summed E-state index contributed by atoms with van der Waals surface area (Å²) >= 11 is 0. The molecule has 11 heteroatoms. The van der Waals surface area contributed by atoms with Crippen LogP contribution in [0.3, 0.4) is 0 Å². The minimum atomic E-state index is -1.07. The summed E-state index contributed by atoms with van der Waals surface area (Å²) in [6.45, 7) is 6.91. The first-order chi connectivity index (χ1) is 18.5. The lowest BCUT2D eigenvalue weighted by Crippen LogP contribution is -2.53. The summed E-state index contributed by atoms with van der Waals surface area (Å²) in [6.07, 6.45) is -1.44. The highest BCUT2D eigenvalue weighted by Gasteiger charge is 2.42. The molecule has 2 aromatic carbocycles. The molecule has 2 aliphatic heterocycles. The van der Waals surface area contributed by atoms with Gasteiger partial charge in [-0.05, 0) is 44.0 Å². The molecule has 4 amide bonds. The standard InChI is InChI=1S/C28H34N4O7/c1-28(2,3)39-25(35)29-23(15-24(33)34)20-9-11-21(12-10-20)32-17-22-16-30(13-14-31(22)26(32)36)27(37)38-18-19-7-5-4-6-8-19/h4-12,22-23H,13-18H2,1-3H3,(H,29,35)(H,33,34)/t22-,23?/m0/s1. The lowest BCUT2D eigenvalue weighted by atomic mass is 10.0. The van der Waals surface area contributed by atoms with Crippen LogP contribution in [0.2, 0.25) is 0 Å². The monoisotopic (exact) mass is 538 g/mol. The number of fused-ring (bicyclic) bond motifs is 1. The van der Waals surface area contributed by atoms with Crippen molar-refractivity contribution in [1.82, 2.24) is 15.1 Å². The van der Waals surface area contributed by atoms with Crippen LogP contribution < -0.4 is 10.2 Å². The minimum Gasteiger partial charge on any atom is -0.481 e. The molecule has 0 radical (unpaired) electrons. The van der Waals surface area contributed by atoms with E-state index in [1.165, 1.54) is 0 Å². The van der Waals surface area contributed by atoms with Crippen LogP contribution in [0.25, 0.3) is 0 Å². The number of piperazine rings is 1. The van der Waals surface area contributed by atoms with Crippen molar-refractivity contribution in [2.24, 2.45) is 0 Å². The van der Waals surface area contributed by atoms with Crippen molar-refractivity contribution in [3.05, 3.63) is 65.7 Å². The third-order valence-electron chi connectivity index (χ3n) is 6.49. The number of rotatable bonds is 7. The summed E-state index contributed by atoms with van der Waals surface area (Å²) in [7, 11) is 0. The first kappa shape index (κ1) is 27.7. The summed E-state index contributed by atoms with van der Waals surface area (Å²) in [4.78, 5) is 54.5. The van der Waals surface area contributed by atoms with E-state index in [0.717, 1.165) is 5.56 Å². The number of benzene rings is 2. The van der Waals surface area contributed by atoms with E-state index in [2.05, 4.69) is 5.32 Å². The SMILES string of the molecule is CC(C)(C)OC(=O)NC(CC(=O)O)c1ccc(N2C[C@@H]3CN(C(=O)OCc4ccccc4)CCN3C2=O)cc1. The number of aliphatic carboxylic acids is 1. The molecule has 2 atom stereocenters. The van der Waals surface area contributed by atoms with Crippen LogP contribution in [0.5, 0.6) is 0 Å². The molecule has 0 aliphatic carbocycles. The first-order valence-electron chi connectivity index (χ1n) is 12.8. The van der Waals surface area contributed by atoms with Gasteiger partial charge in [-0.25, -0.2) is 14.4 Å². The fraction of sp³-hybridized carbons (Fsp3) is 0.429. The second-order valence-corrected chi connectivity index (χ2v) is 10.6. The number of hydrogen-bond donors (Lipinski definition) is 2. The molecule has 39 heavy (non-hydrogen) atoms. The highest BCUT2D eigenvalue weighted by atomic mass is 16.6. The number of hydrogen-bond acceptors (Lipinski definition) is 6. The molecule has 4 rings (SSSR count). The third kappa shape index (κ3) is 7.18. The Labute approximate surface area is 227 Å². The minimum absolute atomic E-state index is 0.154. The fourth-order valence-corrected chi connectivity index (χ4v) is 4.66. The van der Waals surface area contributed by atoms with Gasteiger partial charge >= 0.3 is 24.2 Å². The van der Waals surface area contributed by atoms with Crippen molar-refractivity contribution in [1.29, 1.82) is 0 Å². The zero-order valence-electron chi connectivity index (χ0n) is 22.3. The van der Waals surface area contributed by atoms with Crippen molar-refractivity contribution in [2.45, 2.75) is 51.5 Å². The van der Waals surface area contributed by atoms with Crippen LogP contribution in [-0.2, 0) is 20.9 Å². The summed E-state index contributed by atoms with van der Waals surface area (Å²) < 4.78 is 10.7. The zero-order valence-corrected chi connectivity index (χ0v) is 22.3. The van der Waals surface area contributed by atoms with E-state index in [0.29, 0.717) is 37.4 Å². The number of alkyl carbamates (subject to hydrolysis) is 1. The van der Waals surface area contributed by atoms with Gasteiger partial charge in [-0.2, -0.15) is 0 Å². The van der Waals surface area contributed by atoms with E-state index < -0.39 is 29.8 Å². The molecule has 2 heterocycles. The molecular weight excluding hydrogens is 504 g/mol. The van der Waals surface area contributed by atoms with Crippen LogP contribution in [-0.4, -0.2) is 76.9 Å². The van der Waals surface area contributed by atoms with Crippen LogP contribution in [0.15, 0.2) is 54.6 Å². The molecule has 208 valence electrons. The molecule has 2 N–H and O–H groups in total. The topological polar surface area (TPSA) is 129 Å². The van der Waals surface area contributed by atoms with E-state index in [4.69, 9.17) is 9.47 Å². The van der Waals surface area contributed by atoms with Crippen LogP contribution in [0.1, 0.15) is 44.4 Å². The zero-order chi connectivity index (χ0) is 28.2. The predicted octanol–water partition coefficient (Wildman–Crippen LogP) is 3.99. The number of carbonyl (C=O) groups excluding carboxylic acids is 3. The van der Waals surface area contributed by atoms with Crippen LogP contribution >= 0.6 is 0 Å². The quantitative estimate of drug-likeness (QED) is 0.545. The smallest absolute Gasteiger partial charge is 0.410 e. The maximum absolute atomic E-state index is 13.1. The van der Waals surface area contributed by atoms with Crippen molar-refractivity contribution in [3.63, 3.8) is 0 Å². The van der Waals surface area contributed by atoms with Gasteiger partial charge in [0, 0.05) is 31.9 Å². The maximum Gasteiger partial charge on any atom is 0.410 e. The number of carbonyl (C=O) groups is 4. The van der Waals surface area contributed by atoms with Crippen LogP contribution in [0.4, 0.5) is 20.1 Å². The average molecular weight is 539 g/mol. The highest BCUT2D eigenvalue weighted by Crippen LogP contribution is 2.28. The lowest BCUT2D eigenvalue weighted by Gasteiger charge is -2.35. The van der Waals surface area contributed by atoms with Gasteiger partial charge in [0.05, 0.1) is 18.5 Å². The number of nitrogens with zero attached hydrogens (tertiary/aromatic N) is 3. The summed E-state index contributed by atoms with van der Waals surface area (Å²) in [5.74, 6) is -1.07. The Hall–Kier alpha value is -4.28. The van der Waals surface area contributed by atoms with Crippen molar-refractivity contribution in [3.8, 4) is 0 Å². The van der Waals surface area contributed by atoms with Gasteiger partial charge < -0.3 is 29.7 Å². The number of carboxylic acid groups (broad SMARTS) is 1. The van der Waals surface area contributed by atoms with Gasteiger partial charge in [0.15, 0.2) is 0 Å². The Balaban J connectivity index is 1.38. The number of urea groups is 1. The summed E-state index contributed by atoms with van der Waals surface area (Å²) in [5, 5.41) is 12.0. The molecule has 0 spiro atoms. The third-order valence-corrected chi connectivity index (χ3v) is 6.49. The second kappa shape index (κ2) is 11.6. The molecule has 11 nitrogen and oxygen atoms in total. The van der Waals surface area contributed by atoms with Gasteiger partial charge in [-0.3, -0.25) is 9.69 Å². The van der Waals surface area contributed by atoms with Crippen molar-refractivity contribution in [2.75, 3.05) is 31.1 Å². The van der Waals surface area contributed by atoms with E-state index >= 15 is 0 Å². The van der Waals surface area contributed by atoms with E-state index in [-0.39, 0.29) is 25.1 Å². The fourth-order valence-electron chi connectivity index (χ4n) is 4.66. The lowest BCUT2D eigenvalue weighted by molar-refractivity contribution is -0.137. The summed E-state index contributed by atoms with van der Waals surface area (Å²) in [6, 6.07) is 15.2. The normalized spacial score (nSPS) is 17.9. The first-order valence-corrected chi connectivity index (χ1v) is 12.8. The van der Waals surface area contributed by atoms with Gasteiger partial charge in [0.25, 0.3) is 0 Å². The molecule has 1 unspecified atom stereocenters. The molecule has 0 saturated carbocycles. The van der Waals surface area contributed by atoms with Crippen molar-refractivity contribution >= 4 is 29.9 Å². The number of anilines is 1. The Morgan fingerprint density at radius 2 is 1.72 bits per heavy atom. The van der Waals surface area contributed by atoms with Crippen LogP contribution in [0, 0.1) is 0 Å². The Morgan fingerprint density at radius 1 is 1.03 bits per heavy atom. The summed E-state index contributed by atoms with van der Waals surface area (Å²) in [5.41, 5.74) is 1.39. The Kier molecular flexibility index (Phi) is 8.27. The number of nitrogens with one attached hydrogen (secondary N) is 1. The second-order valence-electron chi connectivity index (χ2n) is 10.6. The van der Waals surface area contributed by atoms with E-state index in [1.807, 2.05) is 30.3 Å². The molecule has 2 aliphatic rings. The number of carboxylic acids is 1. The van der Waals surface area contributed by atoms with Gasteiger partial charge in [-0.15, -0.1) is 0 Å². The number of amides is 4. The predicted molar refractivity (Wildman–Crippen MR) is 142 cm³/mol. The largest absolute Gasteiger partial charge is 0.481 e. The Bertz CT molecular complexity index is 1200. The van der Waals surface area contributed by atoms with Gasteiger partial charge in [-0.1, -0.05) is 42.5 Å². The number of ether oxygens (including phenoxy) is 2. The molecule has 0 aromatic heterocycles. The average Bonchev–Trinajstić information content (AvgIpc) is 3.22. The Morgan fingerprint density at radius 3 is 2.36 bits per heavy atom. The van der Waals surface area contributed by atoms with Gasteiger partial charge in [0.1, 0.15) is 12.2 Å². The molecule has 0 bridgehead atoms. The van der Waals surface area contributed by atoms with E-state index in [1.54, 1.807) is 59.7 Å².